The van der Waals surface area contributed by atoms with E-state index in [0.29, 0.717) is 5.82 Å². The van der Waals surface area contributed by atoms with Gasteiger partial charge in [-0.3, -0.25) is 4.98 Å². The second-order valence-corrected chi connectivity index (χ2v) is 8.07. The van der Waals surface area contributed by atoms with Crippen molar-refractivity contribution < 1.29 is 4.42 Å². The normalized spacial score (nSPS) is 11.6. The number of nitrogens with zero attached hydrogens (tertiary/aromatic N) is 3. The SMILES string of the molecule is c1cnc2c(-c3nc(-c4cccc5oc6ccccc6c45)nc4ccccc34)cccc2c1. The van der Waals surface area contributed by atoms with Gasteiger partial charge in [-0.2, -0.15) is 0 Å². The largest absolute Gasteiger partial charge is 0.456 e. The Morgan fingerprint density at radius 3 is 2.30 bits per heavy atom. The van der Waals surface area contributed by atoms with Gasteiger partial charge in [-0.25, -0.2) is 9.97 Å². The lowest BCUT2D eigenvalue weighted by atomic mass is 10.0. The highest BCUT2D eigenvalue weighted by atomic mass is 16.3. The van der Waals surface area contributed by atoms with E-state index in [4.69, 9.17) is 14.4 Å². The number of hydrogen-bond acceptors (Lipinski definition) is 4. The van der Waals surface area contributed by atoms with Gasteiger partial charge in [0, 0.05) is 38.9 Å². The zero-order chi connectivity index (χ0) is 21.8. The first kappa shape index (κ1) is 18.0. The summed E-state index contributed by atoms with van der Waals surface area (Å²) in [5, 5.41) is 4.18. The standard InChI is InChI=1S/C29H17N3O/c1-3-14-23-19(10-1)28(22-13-5-8-18-9-7-17-30-27(18)22)32-29(31-23)21-12-6-16-25-26(21)20-11-2-4-15-24(20)33-25/h1-17H. The van der Waals surface area contributed by atoms with Crippen LogP contribution in [0.2, 0.25) is 0 Å². The van der Waals surface area contributed by atoms with Crippen LogP contribution in [0.1, 0.15) is 0 Å². The van der Waals surface area contributed by atoms with Gasteiger partial charge in [0.05, 0.1) is 16.7 Å². The minimum atomic E-state index is 0.675. The van der Waals surface area contributed by atoms with Crippen LogP contribution in [0.3, 0.4) is 0 Å². The highest BCUT2D eigenvalue weighted by molar-refractivity contribution is 6.12. The number of furan rings is 1. The van der Waals surface area contributed by atoms with Gasteiger partial charge in [0.2, 0.25) is 0 Å². The molecule has 4 aromatic carbocycles. The van der Waals surface area contributed by atoms with Crippen molar-refractivity contribution in [2.24, 2.45) is 0 Å². The maximum atomic E-state index is 6.11. The van der Waals surface area contributed by atoms with Crippen LogP contribution < -0.4 is 0 Å². The summed E-state index contributed by atoms with van der Waals surface area (Å²) in [7, 11) is 0. The van der Waals surface area contributed by atoms with E-state index in [0.717, 1.165) is 60.6 Å². The molecule has 3 heterocycles. The predicted octanol–water partition coefficient (Wildman–Crippen LogP) is 7.41. The summed E-state index contributed by atoms with van der Waals surface area (Å²) in [6, 6.07) is 32.6. The van der Waals surface area contributed by atoms with Crippen LogP contribution in [-0.2, 0) is 0 Å². The van der Waals surface area contributed by atoms with Crippen molar-refractivity contribution in [1.82, 2.24) is 15.0 Å². The Morgan fingerprint density at radius 1 is 0.576 bits per heavy atom. The smallest absolute Gasteiger partial charge is 0.161 e. The van der Waals surface area contributed by atoms with Crippen LogP contribution in [-0.4, -0.2) is 15.0 Å². The van der Waals surface area contributed by atoms with Crippen molar-refractivity contribution in [2.45, 2.75) is 0 Å². The lowest BCUT2D eigenvalue weighted by Gasteiger charge is -2.11. The number of para-hydroxylation sites is 3. The average molecular weight is 423 g/mol. The maximum Gasteiger partial charge on any atom is 0.161 e. The molecular formula is C29H17N3O. The molecule has 7 rings (SSSR count). The van der Waals surface area contributed by atoms with E-state index in [1.165, 1.54) is 0 Å². The van der Waals surface area contributed by atoms with Crippen molar-refractivity contribution >= 4 is 43.7 Å². The van der Waals surface area contributed by atoms with Crippen molar-refractivity contribution in [3.63, 3.8) is 0 Å². The number of benzene rings is 4. The molecule has 0 saturated heterocycles. The molecular weight excluding hydrogens is 406 g/mol. The summed E-state index contributed by atoms with van der Waals surface area (Å²) in [5.74, 6) is 0.675. The van der Waals surface area contributed by atoms with Crippen molar-refractivity contribution in [3.8, 4) is 22.6 Å². The number of pyridine rings is 1. The van der Waals surface area contributed by atoms with E-state index < -0.39 is 0 Å². The molecule has 33 heavy (non-hydrogen) atoms. The summed E-state index contributed by atoms with van der Waals surface area (Å²) in [5.41, 5.74) is 6.36. The van der Waals surface area contributed by atoms with Crippen LogP contribution in [0.4, 0.5) is 0 Å². The van der Waals surface area contributed by atoms with Gasteiger partial charge in [-0.05, 0) is 24.3 Å². The highest BCUT2D eigenvalue weighted by Crippen LogP contribution is 2.38. The lowest BCUT2D eigenvalue weighted by molar-refractivity contribution is 0.669. The molecule has 0 aliphatic rings. The molecule has 4 heteroatoms. The minimum Gasteiger partial charge on any atom is -0.456 e. The fourth-order valence-electron chi connectivity index (χ4n) is 4.66. The van der Waals surface area contributed by atoms with Crippen LogP contribution >= 0.6 is 0 Å². The van der Waals surface area contributed by atoms with Gasteiger partial charge >= 0.3 is 0 Å². The Bertz CT molecular complexity index is 1830. The summed E-state index contributed by atoms with van der Waals surface area (Å²) in [6.45, 7) is 0. The molecule has 0 spiro atoms. The molecule has 0 aliphatic carbocycles. The number of hydrogen-bond donors (Lipinski definition) is 0. The molecule has 0 N–H and O–H groups in total. The Hall–Kier alpha value is -4.57. The Labute approximate surface area is 189 Å². The molecule has 0 radical (unpaired) electrons. The van der Waals surface area contributed by atoms with Crippen molar-refractivity contribution in [1.29, 1.82) is 0 Å². The quantitative estimate of drug-likeness (QED) is 0.290. The van der Waals surface area contributed by atoms with E-state index in [-0.39, 0.29) is 0 Å². The van der Waals surface area contributed by atoms with E-state index >= 15 is 0 Å². The predicted molar refractivity (Wildman–Crippen MR) is 133 cm³/mol. The first-order chi connectivity index (χ1) is 16.4. The molecule has 0 unspecified atom stereocenters. The van der Waals surface area contributed by atoms with Gasteiger partial charge in [-0.15, -0.1) is 0 Å². The molecule has 3 aromatic heterocycles. The van der Waals surface area contributed by atoms with Gasteiger partial charge < -0.3 is 4.42 Å². The monoisotopic (exact) mass is 423 g/mol. The Morgan fingerprint density at radius 2 is 1.33 bits per heavy atom. The van der Waals surface area contributed by atoms with Gasteiger partial charge in [0.15, 0.2) is 5.82 Å². The summed E-state index contributed by atoms with van der Waals surface area (Å²) >= 11 is 0. The molecule has 0 atom stereocenters. The Kier molecular flexibility index (Phi) is 3.81. The Balaban J connectivity index is 1.59. The van der Waals surface area contributed by atoms with Crippen LogP contribution in [0, 0.1) is 0 Å². The van der Waals surface area contributed by atoms with Crippen LogP contribution in [0.25, 0.3) is 66.4 Å². The molecule has 0 bridgehead atoms. The van der Waals surface area contributed by atoms with E-state index in [1.807, 2.05) is 60.8 Å². The first-order valence-electron chi connectivity index (χ1n) is 10.9. The number of rotatable bonds is 2. The van der Waals surface area contributed by atoms with Crippen molar-refractivity contribution in [3.05, 3.63) is 103 Å². The second-order valence-electron chi connectivity index (χ2n) is 8.07. The van der Waals surface area contributed by atoms with Crippen LogP contribution in [0.5, 0.6) is 0 Å². The third-order valence-corrected chi connectivity index (χ3v) is 6.13. The van der Waals surface area contributed by atoms with Crippen molar-refractivity contribution in [2.75, 3.05) is 0 Å². The molecule has 0 aliphatic heterocycles. The third-order valence-electron chi connectivity index (χ3n) is 6.13. The maximum absolute atomic E-state index is 6.11. The summed E-state index contributed by atoms with van der Waals surface area (Å²) < 4.78 is 6.11. The minimum absolute atomic E-state index is 0.675. The average Bonchev–Trinajstić information content (AvgIpc) is 3.27. The zero-order valence-electron chi connectivity index (χ0n) is 17.6. The van der Waals surface area contributed by atoms with E-state index in [1.54, 1.807) is 0 Å². The topological polar surface area (TPSA) is 51.8 Å². The summed E-state index contributed by atoms with van der Waals surface area (Å²) in [4.78, 5) is 14.8. The molecule has 0 amide bonds. The second kappa shape index (κ2) is 6.97. The van der Waals surface area contributed by atoms with E-state index in [9.17, 15) is 0 Å². The number of aromatic nitrogens is 3. The molecule has 154 valence electrons. The van der Waals surface area contributed by atoms with Gasteiger partial charge in [-0.1, -0.05) is 72.8 Å². The highest BCUT2D eigenvalue weighted by Gasteiger charge is 2.18. The van der Waals surface area contributed by atoms with Crippen LogP contribution in [0.15, 0.2) is 108 Å². The fourth-order valence-corrected chi connectivity index (χ4v) is 4.66. The number of fused-ring (bicyclic) bond motifs is 5. The third kappa shape index (κ3) is 2.74. The van der Waals surface area contributed by atoms with Gasteiger partial charge in [0.1, 0.15) is 11.2 Å². The molecule has 0 fully saturated rings. The first-order valence-corrected chi connectivity index (χ1v) is 10.9. The molecule has 0 saturated carbocycles. The molecule has 7 aromatic rings. The lowest BCUT2D eigenvalue weighted by Crippen LogP contribution is -1.96. The van der Waals surface area contributed by atoms with E-state index in [2.05, 4.69) is 47.4 Å². The van der Waals surface area contributed by atoms with Gasteiger partial charge in [0.25, 0.3) is 0 Å². The summed E-state index contributed by atoms with van der Waals surface area (Å²) in [6.07, 6.45) is 1.83. The molecule has 4 nitrogen and oxygen atoms in total. The zero-order valence-corrected chi connectivity index (χ0v) is 17.6. The fraction of sp³-hybridized carbons (Fsp3) is 0.